The number of nitrogens with two attached hydrogens (primary N) is 1. The van der Waals surface area contributed by atoms with Crippen LogP contribution in [-0.2, 0) is 13.2 Å². The Labute approximate surface area is 231 Å². The quantitative estimate of drug-likeness (QED) is 0.295. The lowest BCUT2D eigenvalue weighted by Crippen LogP contribution is -2.47. The molecule has 1 aliphatic heterocycles. The van der Waals surface area contributed by atoms with Gasteiger partial charge in [0.25, 0.3) is 0 Å². The van der Waals surface area contributed by atoms with Crippen LogP contribution in [0.2, 0.25) is 5.02 Å². The summed E-state index contributed by atoms with van der Waals surface area (Å²) in [5.41, 5.74) is 5.41. The second-order valence-corrected chi connectivity index (χ2v) is 9.77. The number of anilines is 1. The first-order chi connectivity index (χ1) is 19.1. The summed E-state index contributed by atoms with van der Waals surface area (Å²) < 4.78 is 18.5. The maximum Gasteiger partial charge on any atom is 0.356 e. The van der Waals surface area contributed by atoms with Crippen molar-refractivity contribution in [2.24, 2.45) is 16.0 Å². The zero-order valence-electron chi connectivity index (χ0n) is 21.3. The molecule has 0 spiro atoms. The van der Waals surface area contributed by atoms with E-state index in [1.165, 1.54) is 6.20 Å². The highest BCUT2D eigenvalue weighted by molar-refractivity contribution is 6.31. The van der Waals surface area contributed by atoms with E-state index < -0.39 is 28.8 Å². The lowest BCUT2D eigenvalue weighted by molar-refractivity contribution is 0.0694. The summed E-state index contributed by atoms with van der Waals surface area (Å²) in [6, 6.07) is 6.70. The van der Waals surface area contributed by atoms with Crippen LogP contribution in [0.25, 0.3) is 21.8 Å². The first kappa shape index (κ1) is 27.1. The van der Waals surface area contributed by atoms with Gasteiger partial charge in [-0.25, -0.2) is 14.0 Å². The molecule has 0 radical (unpaired) electrons. The fourth-order valence-corrected chi connectivity index (χ4v) is 5.19. The van der Waals surface area contributed by atoms with Crippen LogP contribution >= 0.6 is 11.6 Å². The Morgan fingerprint density at radius 1 is 1.10 bits per heavy atom. The summed E-state index contributed by atoms with van der Waals surface area (Å²) in [4.78, 5) is 39.2. The van der Waals surface area contributed by atoms with Gasteiger partial charge in [0.1, 0.15) is 11.4 Å². The topological polar surface area (TPSA) is 159 Å². The van der Waals surface area contributed by atoms with Crippen LogP contribution in [0.1, 0.15) is 17.3 Å². The number of amides is 2. The van der Waals surface area contributed by atoms with Gasteiger partial charge in [-0.2, -0.15) is 0 Å². The van der Waals surface area contributed by atoms with E-state index in [0.717, 1.165) is 6.07 Å². The third-order valence-corrected chi connectivity index (χ3v) is 7.23. The van der Waals surface area contributed by atoms with E-state index >= 15 is 4.39 Å². The van der Waals surface area contributed by atoms with Crippen molar-refractivity contribution in [1.29, 1.82) is 0 Å². The fourth-order valence-electron chi connectivity index (χ4n) is 5.02. The molecule has 4 aromatic rings. The summed E-state index contributed by atoms with van der Waals surface area (Å²) in [6.07, 6.45) is 1.28. The van der Waals surface area contributed by atoms with Gasteiger partial charge in [-0.3, -0.25) is 14.3 Å². The van der Waals surface area contributed by atoms with Crippen LogP contribution in [0, 0.1) is 5.82 Å². The second-order valence-electron chi connectivity index (χ2n) is 9.33. The molecule has 5 rings (SSSR count). The number of carboxylic acids is 1. The van der Waals surface area contributed by atoms with E-state index in [2.05, 4.69) is 15.1 Å². The van der Waals surface area contributed by atoms with Crippen molar-refractivity contribution < 1.29 is 24.2 Å². The molecule has 2 aromatic heterocycles. The van der Waals surface area contributed by atoms with Crippen molar-refractivity contribution >= 4 is 56.8 Å². The predicted octanol–water partition coefficient (Wildman–Crippen LogP) is 4.11. The number of azo groups is 1. The highest BCUT2D eigenvalue weighted by Crippen LogP contribution is 2.40. The molecule has 2 amide bonds. The lowest BCUT2D eigenvalue weighted by Gasteiger charge is -2.36. The number of halogens is 2. The third kappa shape index (κ3) is 4.84. The predicted molar refractivity (Wildman–Crippen MR) is 147 cm³/mol. The number of hydrogen-bond acceptors (Lipinski definition) is 7. The van der Waals surface area contributed by atoms with E-state index in [1.54, 1.807) is 33.4 Å². The molecular weight excluding hydrogens is 545 g/mol. The van der Waals surface area contributed by atoms with Gasteiger partial charge in [0.05, 0.1) is 23.4 Å². The van der Waals surface area contributed by atoms with Crippen LogP contribution in [0.3, 0.4) is 0 Å². The maximum atomic E-state index is 15.2. The Bertz CT molecular complexity index is 1760. The molecule has 208 valence electrons. The monoisotopic (exact) mass is 569 g/mol. The van der Waals surface area contributed by atoms with E-state index in [4.69, 9.17) is 17.3 Å². The van der Waals surface area contributed by atoms with Gasteiger partial charge in [0, 0.05) is 54.7 Å². The molecule has 0 bridgehead atoms. The van der Waals surface area contributed by atoms with Crippen molar-refractivity contribution in [1.82, 2.24) is 14.0 Å². The van der Waals surface area contributed by atoms with Crippen molar-refractivity contribution in [3.63, 3.8) is 0 Å². The molecule has 40 heavy (non-hydrogen) atoms. The minimum atomic E-state index is -1.36. The van der Waals surface area contributed by atoms with Crippen LogP contribution in [0.4, 0.5) is 20.6 Å². The Balaban J connectivity index is 1.40. The van der Waals surface area contributed by atoms with E-state index in [-0.39, 0.29) is 23.6 Å². The number of fused-ring (bicyclic) bond motifs is 2. The fraction of sp³-hybridized carbons (Fsp3) is 0.269. The number of carbonyl (C=O) groups excluding carboxylic acids is 1. The number of piperazine rings is 1. The van der Waals surface area contributed by atoms with Crippen molar-refractivity contribution in [2.45, 2.75) is 20.1 Å². The maximum absolute atomic E-state index is 15.2. The summed E-state index contributed by atoms with van der Waals surface area (Å²) in [5.74, 6) is -2.18. The molecule has 0 atom stereocenters. The Hall–Kier alpha value is -4.49. The minimum absolute atomic E-state index is 0.0148. The molecular formula is C26H25ClFN7O5. The smallest absolute Gasteiger partial charge is 0.356 e. The third-order valence-electron chi connectivity index (χ3n) is 6.99. The Morgan fingerprint density at radius 2 is 1.82 bits per heavy atom. The number of urea groups is 1. The van der Waals surface area contributed by atoms with Gasteiger partial charge in [0.15, 0.2) is 5.69 Å². The highest BCUT2D eigenvalue weighted by atomic mass is 35.5. The van der Waals surface area contributed by atoms with Gasteiger partial charge < -0.3 is 25.4 Å². The van der Waals surface area contributed by atoms with Crippen molar-refractivity contribution in [2.75, 3.05) is 31.1 Å². The molecule has 1 aliphatic rings. The standard InChI is InChI=1S/C26H25ClFN7O5/c1-2-33-12-17(25(38)39)23(36)16-10-18(28)21(11-20(16)33)34-7-5-32(6-8-34)13-35-19-4-3-14(27)9-15(19)22(24(35)37)30-31-26(29)40/h3-4,9-12,37H,2,5-8,13H2,1H3,(H2,29,40)(H,38,39). The molecule has 3 heterocycles. The number of carbonyl (C=O) groups is 2. The van der Waals surface area contributed by atoms with Gasteiger partial charge in [-0.1, -0.05) is 16.7 Å². The number of benzene rings is 2. The van der Waals surface area contributed by atoms with Crippen LogP contribution in [-0.4, -0.2) is 62.4 Å². The van der Waals surface area contributed by atoms with Crippen molar-refractivity contribution in [3.05, 3.63) is 63.2 Å². The average molecular weight is 570 g/mol. The van der Waals surface area contributed by atoms with E-state index in [1.807, 2.05) is 11.8 Å². The van der Waals surface area contributed by atoms with Crippen LogP contribution < -0.4 is 16.1 Å². The minimum Gasteiger partial charge on any atom is -0.493 e. The number of aromatic carboxylic acids is 1. The van der Waals surface area contributed by atoms with Gasteiger partial charge in [-0.15, -0.1) is 5.11 Å². The largest absolute Gasteiger partial charge is 0.493 e. The molecule has 12 nitrogen and oxygen atoms in total. The summed E-state index contributed by atoms with van der Waals surface area (Å²) in [6.45, 7) is 4.42. The Morgan fingerprint density at radius 3 is 2.48 bits per heavy atom. The zero-order valence-corrected chi connectivity index (χ0v) is 22.1. The highest BCUT2D eigenvalue weighted by Gasteiger charge is 2.25. The molecule has 4 N–H and O–H groups in total. The second kappa shape index (κ2) is 10.6. The SMILES string of the molecule is CCn1cc(C(=O)O)c(=O)c2cc(F)c(N3CCN(Cn4c(O)c(N=NC(N)=O)c5cc(Cl)ccc54)CC3)cc21. The lowest BCUT2D eigenvalue weighted by atomic mass is 10.1. The molecule has 0 aliphatic carbocycles. The summed E-state index contributed by atoms with van der Waals surface area (Å²) in [7, 11) is 0. The number of aromatic nitrogens is 2. The number of nitrogens with zero attached hydrogens (tertiary/aromatic N) is 6. The van der Waals surface area contributed by atoms with Gasteiger partial charge in [-0.05, 0) is 37.3 Å². The Kier molecular flexibility index (Phi) is 7.17. The number of aryl methyl sites for hydroxylation is 1. The number of aromatic hydroxyl groups is 1. The molecule has 2 aromatic carbocycles. The normalized spacial score (nSPS) is 14.5. The first-order valence-corrected chi connectivity index (χ1v) is 12.8. The number of carboxylic acid groups (broad SMARTS) is 1. The summed E-state index contributed by atoms with van der Waals surface area (Å²) >= 11 is 6.13. The zero-order chi connectivity index (χ0) is 28.7. The molecule has 14 heteroatoms. The molecule has 1 saturated heterocycles. The van der Waals surface area contributed by atoms with Crippen molar-refractivity contribution in [3.8, 4) is 5.88 Å². The van der Waals surface area contributed by atoms with E-state index in [9.17, 15) is 24.6 Å². The van der Waals surface area contributed by atoms with Gasteiger partial charge in [0.2, 0.25) is 11.3 Å². The number of rotatable bonds is 6. The first-order valence-electron chi connectivity index (χ1n) is 12.4. The number of primary amides is 1. The van der Waals surface area contributed by atoms with E-state index in [0.29, 0.717) is 59.9 Å². The average Bonchev–Trinajstić information content (AvgIpc) is 3.17. The number of pyridine rings is 1. The molecule has 0 saturated carbocycles. The van der Waals surface area contributed by atoms with Crippen LogP contribution in [0.15, 0.2) is 51.6 Å². The molecule has 1 fully saturated rings. The van der Waals surface area contributed by atoms with Gasteiger partial charge >= 0.3 is 12.0 Å². The van der Waals surface area contributed by atoms with Crippen LogP contribution in [0.5, 0.6) is 5.88 Å². The summed E-state index contributed by atoms with van der Waals surface area (Å²) in [5, 5.41) is 28.3. The molecule has 0 unspecified atom stereocenters. The number of hydrogen-bond donors (Lipinski definition) is 3.